The van der Waals surface area contributed by atoms with Crippen LogP contribution in [0.15, 0.2) is 0 Å². The van der Waals surface area contributed by atoms with Crippen LogP contribution in [-0.4, -0.2) is 6.16 Å². The molecule has 0 rings (SSSR count). The molecule has 6 heteroatoms. The third-order valence-electron chi connectivity index (χ3n) is 0.387. The van der Waals surface area contributed by atoms with Crippen LogP contribution in [0, 0.1) is 0 Å². The highest BCUT2D eigenvalue weighted by molar-refractivity contribution is 7.48. The van der Waals surface area contributed by atoms with Crippen LogP contribution in [-0.2, 0) is 4.57 Å². The average molecular weight is 144 g/mol. The number of hydrogen-bond acceptors (Lipinski definition) is 3. The molecule has 0 aromatic rings. The molecule has 0 aromatic carbocycles. The molecule has 0 heterocycles. The molecule has 0 saturated carbocycles. The number of hydrogen-bond donors (Lipinski definition) is 2. The van der Waals surface area contributed by atoms with E-state index in [1.54, 1.807) is 0 Å². The number of rotatable bonds is 1. The van der Waals surface area contributed by atoms with Crippen molar-refractivity contribution in [2.75, 3.05) is 6.16 Å². The van der Waals surface area contributed by atoms with Gasteiger partial charge >= 0.3 is 0 Å². The van der Waals surface area contributed by atoms with E-state index in [4.69, 9.17) is 0 Å². The molecule has 0 spiro atoms. The van der Waals surface area contributed by atoms with Crippen molar-refractivity contribution >= 4 is 7.60 Å². The summed E-state index contributed by atoms with van der Waals surface area (Å²) in [7, 11) is -4.15. The monoisotopic (exact) mass is 144 g/mol. The molecule has 0 fully saturated rings. The molecular weight excluding hydrogens is 131 g/mol. The zero-order valence-corrected chi connectivity index (χ0v) is 6.27. The van der Waals surface area contributed by atoms with Crippen LogP contribution >= 0.6 is 7.60 Å². The Balaban J connectivity index is -0.000000125. The predicted molar refractivity (Wildman–Crippen MR) is 30.1 cm³/mol. The fraction of sp³-hybridized carbons (Fsp3) is 1.00. The van der Waals surface area contributed by atoms with Gasteiger partial charge in [-0.05, 0) is 6.16 Å². The maximum absolute atomic E-state index is 9.47. The first-order chi connectivity index (χ1) is 2.56. The van der Waals surface area contributed by atoms with Gasteiger partial charge in [-0.15, -0.1) is 0 Å². The first-order valence-corrected chi connectivity index (χ1v) is 3.30. The second-order valence-electron chi connectivity index (χ2n) is 0.927. The van der Waals surface area contributed by atoms with Crippen molar-refractivity contribution in [3.05, 3.63) is 0 Å². The minimum absolute atomic E-state index is 0. The van der Waals surface area contributed by atoms with Crippen LogP contribution < -0.4 is 22.1 Å². The van der Waals surface area contributed by atoms with Crippen LogP contribution in [0.1, 0.15) is 6.92 Å². The van der Waals surface area contributed by atoms with Gasteiger partial charge < -0.3 is 26.7 Å². The largest absolute Gasteiger partial charge is 0.811 e. The Hall–Kier alpha value is 0.0700. The second-order valence-corrected chi connectivity index (χ2v) is 2.78. The lowest BCUT2D eigenvalue weighted by molar-refractivity contribution is -0.313. The molecule has 0 unspecified atom stereocenters. The minimum Gasteiger partial charge on any atom is -0.811 e. The van der Waals surface area contributed by atoms with E-state index in [-0.39, 0.29) is 18.5 Å². The zero-order valence-electron chi connectivity index (χ0n) is 5.38. The van der Waals surface area contributed by atoms with Crippen molar-refractivity contribution < 1.29 is 14.4 Å². The van der Waals surface area contributed by atoms with E-state index in [2.05, 4.69) is 0 Å². The summed E-state index contributed by atoms with van der Waals surface area (Å²) in [6, 6.07) is 0. The minimum atomic E-state index is -4.15. The summed E-state index contributed by atoms with van der Waals surface area (Å²) < 4.78 is 9.47. The smallest absolute Gasteiger partial charge is 0.0279 e. The van der Waals surface area contributed by atoms with Gasteiger partial charge in [0.1, 0.15) is 0 Å². The summed E-state index contributed by atoms with van der Waals surface area (Å²) in [6.45, 7) is 1.32. The Kier molecular flexibility index (Phi) is 10.2. The fourth-order valence-electron chi connectivity index (χ4n) is 0. The first-order valence-electron chi connectivity index (χ1n) is 1.57. The molecule has 5 nitrogen and oxygen atoms in total. The lowest BCUT2D eigenvalue weighted by Gasteiger charge is -2.26. The summed E-state index contributed by atoms with van der Waals surface area (Å²) in [4.78, 5) is 18.9. The van der Waals surface area contributed by atoms with Crippen molar-refractivity contribution in [3.63, 3.8) is 0 Å². The van der Waals surface area contributed by atoms with Gasteiger partial charge in [-0.1, -0.05) is 14.5 Å². The highest BCUT2D eigenvalue weighted by Crippen LogP contribution is 2.19. The molecule has 0 amide bonds. The Morgan fingerprint density at radius 2 is 1.50 bits per heavy atom. The third kappa shape index (κ3) is 16.6. The zero-order chi connectivity index (χ0) is 5.21. The molecule has 0 aliphatic rings. The first kappa shape index (κ1) is 15.7. The average Bonchev–Trinajstić information content (AvgIpc) is 1.35. The maximum atomic E-state index is 9.47. The predicted octanol–water partition coefficient (Wildman–Crippen LogP) is -0.328. The standard InChI is InChI=1S/C2H7O3P.2H3N/c1-2-6(3,4)5;;/h2H2,1H3,(H2,3,4,5);2*1H3. The van der Waals surface area contributed by atoms with Gasteiger partial charge in [0.2, 0.25) is 0 Å². The van der Waals surface area contributed by atoms with Crippen LogP contribution in [0.25, 0.3) is 0 Å². The van der Waals surface area contributed by atoms with Gasteiger partial charge in [-0.2, -0.15) is 0 Å². The molecule has 0 atom stereocenters. The van der Waals surface area contributed by atoms with Crippen molar-refractivity contribution in [3.8, 4) is 0 Å². The molecule has 0 aliphatic heterocycles. The highest BCUT2D eigenvalue weighted by Gasteiger charge is 1.76. The van der Waals surface area contributed by atoms with Crippen LogP contribution in [0.5, 0.6) is 0 Å². The van der Waals surface area contributed by atoms with Gasteiger partial charge in [0, 0.05) is 0 Å². The van der Waals surface area contributed by atoms with Crippen molar-refractivity contribution in [1.82, 2.24) is 12.3 Å². The quantitative estimate of drug-likeness (QED) is 0.487. The lowest BCUT2D eigenvalue weighted by Crippen LogP contribution is -2.14. The van der Waals surface area contributed by atoms with Gasteiger partial charge in [-0.3, -0.25) is 0 Å². The Labute approximate surface area is 48.4 Å². The molecule has 54 valence electrons. The molecule has 0 radical (unpaired) electrons. The van der Waals surface area contributed by atoms with Crippen LogP contribution in [0.4, 0.5) is 0 Å². The molecule has 0 bridgehead atoms. The molecule has 8 heavy (non-hydrogen) atoms. The van der Waals surface area contributed by atoms with Gasteiger partial charge in [-0.25, -0.2) is 0 Å². The summed E-state index contributed by atoms with van der Waals surface area (Å²) in [5.74, 6) is 0. The van der Waals surface area contributed by atoms with E-state index in [1.165, 1.54) is 6.92 Å². The van der Waals surface area contributed by atoms with E-state index in [9.17, 15) is 14.4 Å². The summed E-state index contributed by atoms with van der Waals surface area (Å²) >= 11 is 0. The van der Waals surface area contributed by atoms with Crippen LogP contribution in [0.3, 0.4) is 0 Å². The fourth-order valence-corrected chi connectivity index (χ4v) is 0. The van der Waals surface area contributed by atoms with Gasteiger partial charge in [0.25, 0.3) is 0 Å². The Bertz CT molecular complexity index is 79.4. The Morgan fingerprint density at radius 1 is 1.38 bits per heavy atom. The summed E-state index contributed by atoms with van der Waals surface area (Å²) in [5, 5.41) is 0. The van der Waals surface area contributed by atoms with Crippen molar-refractivity contribution in [2.24, 2.45) is 0 Å². The van der Waals surface area contributed by atoms with Crippen molar-refractivity contribution in [2.45, 2.75) is 6.92 Å². The molecule has 8 N–H and O–H groups in total. The Morgan fingerprint density at radius 3 is 1.50 bits per heavy atom. The van der Waals surface area contributed by atoms with Gasteiger partial charge in [0.15, 0.2) is 0 Å². The topological polar surface area (TPSA) is 136 Å². The van der Waals surface area contributed by atoms with Crippen LogP contribution in [0.2, 0.25) is 0 Å². The highest BCUT2D eigenvalue weighted by atomic mass is 31.2. The van der Waals surface area contributed by atoms with E-state index < -0.39 is 7.60 Å². The maximum Gasteiger partial charge on any atom is -0.0279 e. The van der Waals surface area contributed by atoms with E-state index >= 15 is 0 Å². The molecule has 0 saturated heterocycles. The number of quaternary nitrogens is 2. The third-order valence-corrected chi connectivity index (χ3v) is 1.16. The van der Waals surface area contributed by atoms with Gasteiger partial charge in [0.05, 0.1) is 0 Å². The summed E-state index contributed by atoms with van der Waals surface area (Å²) in [5.41, 5.74) is 0. The normalized spacial score (nSPS) is 8.88. The SMILES string of the molecule is CCP(=O)([O-])[O-].[NH4+].[NH4+]. The molecule has 0 aromatic heterocycles. The molecule has 0 aliphatic carbocycles. The van der Waals surface area contributed by atoms with E-state index in [0.717, 1.165) is 0 Å². The lowest BCUT2D eigenvalue weighted by atomic mass is 11.0. The second kappa shape index (κ2) is 5.21. The summed E-state index contributed by atoms with van der Waals surface area (Å²) in [6.07, 6.45) is -0.285. The molecular formula is C2H13N2O3P. The van der Waals surface area contributed by atoms with Crippen molar-refractivity contribution in [1.29, 1.82) is 0 Å². The van der Waals surface area contributed by atoms with E-state index in [0.29, 0.717) is 0 Å². The van der Waals surface area contributed by atoms with E-state index in [1.807, 2.05) is 0 Å².